The number of imidazole rings is 1. The Labute approximate surface area is 178 Å². The van der Waals surface area contributed by atoms with Crippen molar-refractivity contribution in [2.75, 3.05) is 12.4 Å². The van der Waals surface area contributed by atoms with Gasteiger partial charge in [0.05, 0.1) is 12.8 Å². The largest absolute Gasteiger partial charge is 0.493 e. The summed E-state index contributed by atoms with van der Waals surface area (Å²) in [6, 6.07) is 5.31. The molecule has 31 heavy (non-hydrogen) atoms. The summed E-state index contributed by atoms with van der Waals surface area (Å²) in [7, 11) is 1.41. The van der Waals surface area contributed by atoms with E-state index in [1.165, 1.54) is 38.9 Å². The zero-order valence-electron chi connectivity index (χ0n) is 17.7. The van der Waals surface area contributed by atoms with E-state index in [9.17, 15) is 8.78 Å². The second kappa shape index (κ2) is 7.62. The van der Waals surface area contributed by atoms with Crippen LogP contribution in [0.5, 0.6) is 11.5 Å². The van der Waals surface area contributed by atoms with Crippen molar-refractivity contribution in [1.82, 2.24) is 19.5 Å². The maximum absolute atomic E-state index is 12.9. The number of hydrogen-bond donors (Lipinski definition) is 1. The van der Waals surface area contributed by atoms with Crippen molar-refractivity contribution in [3.05, 3.63) is 29.8 Å². The number of anilines is 1. The number of nitrogens with zero attached hydrogens (tertiary/aromatic N) is 4. The highest BCUT2D eigenvalue weighted by Crippen LogP contribution is 2.46. The fourth-order valence-electron chi connectivity index (χ4n) is 4.27. The Morgan fingerprint density at radius 1 is 1.03 bits per heavy atom. The van der Waals surface area contributed by atoms with Crippen molar-refractivity contribution in [3.63, 3.8) is 0 Å². The summed E-state index contributed by atoms with van der Waals surface area (Å²) >= 11 is 0. The summed E-state index contributed by atoms with van der Waals surface area (Å²) in [6.07, 6.45) is 5.03. The molecule has 0 unspecified atom stereocenters. The van der Waals surface area contributed by atoms with Crippen LogP contribution in [0.1, 0.15) is 37.3 Å². The van der Waals surface area contributed by atoms with Gasteiger partial charge in [-0.1, -0.05) is 0 Å². The molecule has 2 heterocycles. The molecule has 3 aromatic rings. The highest BCUT2D eigenvalue weighted by atomic mass is 19.3. The molecule has 2 saturated carbocycles. The lowest BCUT2D eigenvalue weighted by atomic mass is 10.1. The van der Waals surface area contributed by atoms with Crippen LogP contribution in [0.4, 0.5) is 14.6 Å². The number of aryl methyl sites for hydroxylation is 2. The average Bonchev–Trinajstić information content (AvgIpc) is 3.63. The molecule has 5 rings (SSSR count). The smallest absolute Gasteiger partial charge is 0.387 e. The number of methoxy groups -OCH3 is 1. The van der Waals surface area contributed by atoms with Crippen molar-refractivity contribution in [2.45, 2.75) is 52.2 Å². The number of hydrogen-bond acceptors (Lipinski definition) is 6. The average molecular weight is 429 g/mol. The molecule has 7 nitrogen and oxygen atoms in total. The summed E-state index contributed by atoms with van der Waals surface area (Å²) in [5.74, 6) is 3.65. The maximum atomic E-state index is 12.9. The third-order valence-corrected chi connectivity index (χ3v) is 5.97. The standard InChI is InChI=1S/C22H25F2N5O2/c1-11-25-20(28-18(13-4-5-13)14-6-7-14)19-21(26-11)29(12(2)27-19)15-8-9-16(30-3)17(10-15)31-22(23)24/h8-10,13-14,18,22H,4-7H2,1-3H3,(H,25,26,28). The van der Waals surface area contributed by atoms with E-state index in [1.807, 2.05) is 18.4 Å². The minimum Gasteiger partial charge on any atom is -0.493 e. The second-order valence-corrected chi connectivity index (χ2v) is 8.34. The van der Waals surface area contributed by atoms with E-state index < -0.39 is 6.61 Å². The number of nitrogens with one attached hydrogen (secondary N) is 1. The van der Waals surface area contributed by atoms with Gasteiger partial charge in [-0.3, -0.25) is 4.57 Å². The van der Waals surface area contributed by atoms with E-state index in [0.717, 1.165) is 5.82 Å². The van der Waals surface area contributed by atoms with Gasteiger partial charge in [0, 0.05) is 12.1 Å². The molecule has 0 aliphatic heterocycles. The molecule has 1 aromatic carbocycles. The van der Waals surface area contributed by atoms with E-state index in [2.05, 4.69) is 20.0 Å². The van der Waals surface area contributed by atoms with Gasteiger partial charge in [0.15, 0.2) is 28.5 Å². The van der Waals surface area contributed by atoms with Crippen LogP contribution in [0.2, 0.25) is 0 Å². The lowest BCUT2D eigenvalue weighted by molar-refractivity contribution is -0.0512. The molecule has 2 fully saturated rings. The topological polar surface area (TPSA) is 74.1 Å². The summed E-state index contributed by atoms with van der Waals surface area (Å²) < 4.78 is 37.4. The van der Waals surface area contributed by atoms with Crippen LogP contribution in [-0.4, -0.2) is 39.3 Å². The lowest BCUT2D eigenvalue weighted by Crippen LogP contribution is -2.25. The summed E-state index contributed by atoms with van der Waals surface area (Å²) in [5, 5.41) is 3.66. The zero-order valence-corrected chi connectivity index (χ0v) is 17.7. The minimum absolute atomic E-state index is 0.0390. The van der Waals surface area contributed by atoms with Crippen LogP contribution in [0, 0.1) is 25.7 Å². The number of fused-ring (bicyclic) bond motifs is 1. The number of aromatic nitrogens is 4. The van der Waals surface area contributed by atoms with Crippen LogP contribution < -0.4 is 14.8 Å². The third-order valence-electron chi connectivity index (χ3n) is 5.97. The fraction of sp³-hybridized carbons (Fsp3) is 0.500. The normalized spacial score (nSPS) is 16.4. The van der Waals surface area contributed by atoms with Gasteiger partial charge in [-0.25, -0.2) is 15.0 Å². The van der Waals surface area contributed by atoms with E-state index >= 15 is 0 Å². The second-order valence-electron chi connectivity index (χ2n) is 8.34. The molecule has 164 valence electrons. The number of halogens is 2. The molecule has 2 aliphatic rings. The number of rotatable bonds is 8. The summed E-state index contributed by atoms with van der Waals surface area (Å²) in [5.41, 5.74) is 1.92. The van der Waals surface area contributed by atoms with Crippen molar-refractivity contribution >= 4 is 17.0 Å². The first-order valence-corrected chi connectivity index (χ1v) is 10.6. The summed E-state index contributed by atoms with van der Waals surface area (Å²) in [4.78, 5) is 14.0. The molecule has 2 aliphatic carbocycles. The zero-order chi connectivity index (χ0) is 21.7. The predicted octanol–water partition coefficient (Wildman–Crippen LogP) is 4.64. The van der Waals surface area contributed by atoms with Gasteiger partial charge in [-0.05, 0) is 63.5 Å². The van der Waals surface area contributed by atoms with Crippen LogP contribution in [0.15, 0.2) is 18.2 Å². The first-order chi connectivity index (χ1) is 14.9. The van der Waals surface area contributed by atoms with Gasteiger partial charge in [-0.15, -0.1) is 0 Å². The molecule has 0 radical (unpaired) electrons. The molecule has 0 bridgehead atoms. The number of ether oxygens (including phenoxy) is 2. The Morgan fingerprint density at radius 2 is 1.74 bits per heavy atom. The molecule has 2 aromatic heterocycles. The highest BCUT2D eigenvalue weighted by molar-refractivity contribution is 5.85. The lowest BCUT2D eigenvalue weighted by Gasteiger charge is -2.18. The van der Waals surface area contributed by atoms with Gasteiger partial charge in [-0.2, -0.15) is 8.78 Å². The van der Waals surface area contributed by atoms with Crippen molar-refractivity contribution in [3.8, 4) is 17.2 Å². The van der Waals surface area contributed by atoms with E-state index in [1.54, 1.807) is 12.1 Å². The van der Waals surface area contributed by atoms with Crippen LogP contribution >= 0.6 is 0 Å². The van der Waals surface area contributed by atoms with Gasteiger partial charge in [0.1, 0.15) is 11.6 Å². The van der Waals surface area contributed by atoms with Gasteiger partial charge < -0.3 is 14.8 Å². The maximum Gasteiger partial charge on any atom is 0.387 e. The third kappa shape index (κ3) is 3.88. The monoisotopic (exact) mass is 429 g/mol. The Kier molecular flexibility index (Phi) is 4.91. The number of alkyl halides is 2. The Balaban J connectivity index is 1.58. The van der Waals surface area contributed by atoms with Gasteiger partial charge in [0.25, 0.3) is 0 Å². The Bertz CT molecular complexity index is 1110. The molecular weight excluding hydrogens is 404 g/mol. The molecule has 0 atom stereocenters. The quantitative estimate of drug-likeness (QED) is 0.562. The Morgan fingerprint density at radius 3 is 2.35 bits per heavy atom. The molecule has 9 heteroatoms. The SMILES string of the molecule is COc1ccc(-n2c(C)nc3c(NC(C4CC4)C4CC4)nc(C)nc32)cc1OC(F)F. The molecule has 0 saturated heterocycles. The van der Waals surface area contributed by atoms with Crippen molar-refractivity contribution in [2.24, 2.45) is 11.8 Å². The molecule has 0 spiro atoms. The predicted molar refractivity (Wildman–Crippen MR) is 112 cm³/mol. The minimum atomic E-state index is -2.95. The van der Waals surface area contributed by atoms with Crippen LogP contribution in [-0.2, 0) is 0 Å². The van der Waals surface area contributed by atoms with E-state index in [4.69, 9.17) is 9.72 Å². The molecular formula is C22H25F2N5O2. The Hall–Kier alpha value is -2.97. The van der Waals surface area contributed by atoms with Crippen molar-refractivity contribution in [1.29, 1.82) is 0 Å². The van der Waals surface area contributed by atoms with Gasteiger partial charge in [0.2, 0.25) is 0 Å². The van der Waals surface area contributed by atoms with E-state index in [0.29, 0.717) is 46.4 Å². The number of benzene rings is 1. The van der Waals surface area contributed by atoms with Crippen LogP contribution in [0.25, 0.3) is 16.9 Å². The molecule has 0 amide bonds. The van der Waals surface area contributed by atoms with Gasteiger partial charge >= 0.3 is 6.61 Å². The molecule has 1 N–H and O–H groups in total. The highest BCUT2D eigenvalue weighted by Gasteiger charge is 2.42. The fourth-order valence-corrected chi connectivity index (χ4v) is 4.27. The van der Waals surface area contributed by atoms with Crippen LogP contribution in [0.3, 0.4) is 0 Å². The summed E-state index contributed by atoms with van der Waals surface area (Å²) in [6.45, 7) is 0.754. The first-order valence-electron chi connectivity index (χ1n) is 10.6. The van der Waals surface area contributed by atoms with Crippen molar-refractivity contribution < 1.29 is 18.3 Å². The first kappa shape index (κ1) is 20.0. The van der Waals surface area contributed by atoms with E-state index in [-0.39, 0.29) is 11.5 Å².